The summed E-state index contributed by atoms with van der Waals surface area (Å²) in [6, 6.07) is 8.42. The van der Waals surface area contributed by atoms with E-state index < -0.39 is 23.4 Å². The summed E-state index contributed by atoms with van der Waals surface area (Å²) in [5.41, 5.74) is 0.641. The maximum Gasteiger partial charge on any atom is 0.254 e. The van der Waals surface area contributed by atoms with Gasteiger partial charge in [-0.05, 0) is 24.3 Å². The quantitative estimate of drug-likeness (QED) is 0.681. The maximum absolute atomic E-state index is 13.4. The molecule has 0 saturated carbocycles. The molecule has 144 valence electrons. The molecule has 1 aliphatic heterocycles. The van der Waals surface area contributed by atoms with E-state index in [1.165, 1.54) is 23.1 Å². The molecule has 0 spiro atoms. The van der Waals surface area contributed by atoms with Gasteiger partial charge in [0.2, 0.25) is 5.89 Å². The van der Waals surface area contributed by atoms with Crippen LogP contribution in [0.15, 0.2) is 46.9 Å². The van der Waals surface area contributed by atoms with Crippen LogP contribution in [0.1, 0.15) is 27.7 Å². The number of oxazole rings is 1. The lowest BCUT2D eigenvalue weighted by molar-refractivity contribution is 0.0717. The third kappa shape index (κ3) is 3.85. The smallest absolute Gasteiger partial charge is 0.254 e. The minimum absolute atomic E-state index is 0.0134. The molecule has 2 heterocycles. The van der Waals surface area contributed by atoms with Crippen molar-refractivity contribution < 1.29 is 27.1 Å². The molecule has 0 aliphatic carbocycles. The normalized spacial score (nSPS) is 13.3. The fourth-order valence-electron chi connectivity index (χ4n) is 3.05. The Kier molecular flexibility index (Phi) is 4.77. The first-order valence-corrected chi connectivity index (χ1v) is 8.59. The number of benzene rings is 2. The van der Waals surface area contributed by atoms with Gasteiger partial charge in [0.05, 0.1) is 12.2 Å². The van der Waals surface area contributed by atoms with Crippen LogP contribution in [0, 0.1) is 17.5 Å². The zero-order valence-corrected chi connectivity index (χ0v) is 14.6. The van der Waals surface area contributed by atoms with Crippen molar-refractivity contribution in [2.45, 2.75) is 19.6 Å². The van der Waals surface area contributed by atoms with E-state index in [0.29, 0.717) is 42.1 Å². The van der Waals surface area contributed by atoms with E-state index in [-0.39, 0.29) is 18.7 Å². The Morgan fingerprint density at radius 2 is 1.89 bits per heavy atom. The second-order valence-corrected chi connectivity index (χ2v) is 6.36. The molecule has 0 saturated heterocycles. The Hall–Kier alpha value is -3.29. The van der Waals surface area contributed by atoms with E-state index in [0.717, 1.165) is 12.1 Å². The monoisotopic (exact) mass is 388 g/mol. The predicted octanol–water partition coefficient (Wildman–Crippen LogP) is 3.87. The average Bonchev–Trinajstić information content (AvgIpc) is 3.07. The van der Waals surface area contributed by atoms with Crippen LogP contribution in [-0.4, -0.2) is 22.3 Å². The highest BCUT2D eigenvalue weighted by molar-refractivity contribution is 5.94. The van der Waals surface area contributed by atoms with Gasteiger partial charge >= 0.3 is 0 Å². The molecule has 0 radical (unpaired) electrons. The molecule has 4 rings (SSSR count). The SMILES string of the molecule is O=C(c1cc(F)cc(F)c1)N1CCc2nc(COc3cccc(F)c3)oc2C1. The Morgan fingerprint density at radius 1 is 1.11 bits per heavy atom. The second kappa shape index (κ2) is 7.38. The van der Waals surface area contributed by atoms with Gasteiger partial charge in [0.15, 0.2) is 6.61 Å². The zero-order valence-electron chi connectivity index (χ0n) is 14.6. The van der Waals surface area contributed by atoms with Crippen molar-refractivity contribution in [1.82, 2.24) is 9.88 Å². The molecule has 5 nitrogen and oxygen atoms in total. The van der Waals surface area contributed by atoms with E-state index in [4.69, 9.17) is 9.15 Å². The van der Waals surface area contributed by atoms with Crippen LogP contribution in [0.2, 0.25) is 0 Å². The maximum atomic E-state index is 13.4. The summed E-state index contributed by atoms with van der Waals surface area (Å²) < 4.78 is 51.0. The Balaban J connectivity index is 1.44. The molecule has 1 aromatic heterocycles. The highest BCUT2D eigenvalue weighted by Gasteiger charge is 2.27. The van der Waals surface area contributed by atoms with Gasteiger partial charge in [-0.25, -0.2) is 18.2 Å². The molecular weight excluding hydrogens is 373 g/mol. The van der Waals surface area contributed by atoms with Crippen molar-refractivity contribution in [3.63, 3.8) is 0 Å². The number of aromatic nitrogens is 1. The summed E-state index contributed by atoms with van der Waals surface area (Å²) in [6.07, 6.45) is 0.447. The number of nitrogens with zero attached hydrogens (tertiary/aromatic N) is 2. The van der Waals surface area contributed by atoms with Crippen LogP contribution in [0.5, 0.6) is 5.75 Å². The lowest BCUT2D eigenvalue weighted by Gasteiger charge is -2.25. The van der Waals surface area contributed by atoms with Crippen molar-refractivity contribution in [3.8, 4) is 5.75 Å². The lowest BCUT2D eigenvalue weighted by Crippen LogP contribution is -2.35. The number of ether oxygens (including phenoxy) is 1. The molecule has 0 fully saturated rings. The topological polar surface area (TPSA) is 55.6 Å². The lowest BCUT2D eigenvalue weighted by atomic mass is 10.1. The second-order valence-electron chi connectivity index (χ2n) is 6.36. The van der Waals surface area contributed by atoms with E-state index in [1.54, 1.807) is 6.07 Å². The van der Waals surface area contributed by atoms with Gasteiger partial charge in [-0.1, -0.05) is 6.07 Å². The van der Waals surface area contributed by atoms with E-state index in [2.05, 4.69) is 4.98 Å². The van der Waals surface area contributed by atoms with Gasteiger partial charge in [-0.15, -0.1) is 0 Å². The number of amides is 1. The fraction of sp³-hybridized carbons (Fsp3) is 0.200. The number of carbonyl (C=O) groups excluding carboxylic acids is 1. The van der Waals surface area contributed by atoms with Crippen molar-refractivity contribution in [2.24, 2.45) is 0 Å². The molecule has 2 aromatic carbocycles. The van der Waals surface area contributed by atoms with Gasteiger partial charge in [0.25, 0.3) is 5.91 Å². The van der Waals surface area contributed by atoms with Crippen molar-refractivity contribution in [3.05, 3.63) is 82.8 Å². The number of hydrogen-bond acceptors (Lipinski definition) is 4. The first-order valence-electron chi connectivity index (χ1n) is 8.59. The van der Waals surface area contributed by atoms with Gasteiger partial charge in [-0.3, -0.25) is 4.79 Å². The van der Waals surface area contributed by atoms with Gasteiger partial charge in [-0.2, -0.15) is 0 Å². The summed E-state index contributed by atoms with van der Waals surface area (Å²) in [6.45, 7) is 0.499. The van der Waals surface area contributed by atoms with Gasteiger partial charge in [0.1, 0.15) is 29.0 Å². The third-order valence-electron chi connectivity index (χ3n) is 4.33. The Labute approximate surface area is 158 Å². The first-order chi connectivity index (χ1) is 13.5. The molecule has 8 heteroatoms. The Bertz CT molecular complexity index is 1020. The molecule has 1 amide bonds. The van der Waals surface area contributed by atoms with Crippen LogP contribution in [-0.2, 0) is 19.6 Å². The van der Waals surface area contributed by atoms with Crippen LogP contribution in [0.3, 0.4) is 0 Å². The number of halogens is 3. The standard InChI is InChI=1S/C20H15F3N2O3/c21-13-2-1-3-16(9-13)27-11-19-24-17-4-5-25(10-18(17)28-19)20(26)12-6-14(22)8-15(23)7-12/h1-3,6-9H,4-5,10-11H2. The molecular formula is C20H15F3N2O3. The third-order valence-corrected chi connectivity index (χ3v) is 4.33. The van der Waals surface area contributed by atoms with Crippen LogP contribution in [0.4, 0.5) is 13.2 Å². The van der Waals surface area contributed by atoms with E-state index in [1.807, 2.05) is 0 Å². The molecule has 0 unspecified atom stereocenters. The molecule has 0 N–H and O–H groups in total. The average molecular weight is 388 g/mol. The largest absolute Gasteiger partial charge is 0.484 e. The highest BCUT2D eigenvalue weighted by atomic mass is 19.1. The summed E-state index contributed by atoms with van der Waals surface area (Å²) >= 11 is 0. The molecule has 28 heavy (non-hydrogen) atoms. The number of hydrogen-bond donors (Lipinski definition) is 0. The van der Waals surface area contributed by atoms with Gasteiger partial charge < -0.3 is 14.1 Å². The van der Waals surface area contributed by atoms with Crippen LogP contribution < -0.4 is 4.74 Å². The summed E-state index contributed by atoms with van der Waals surface area (Å²) in [7, 11) is 0. The molecule has 0 bridgehead atoms. The number of carbonyl (C=O) groups is 1. The van der Waals surface area contributed by atoms with Crippen molar-refractivity contribution >= 4 is 5.91 Å². The minimum atomic E-state index is -0.808. The number of rotatable bonds is 4. The predicted molar refractivity (Wildman–Crippen MR) is 92.0 cm³/mol. The first kappa shape index (κ1) is 18.1. The van der Waals surface area contributed by atoms with E-state index >= 15 is 0 Å². The minimum Gasteiger partial charge on any atom is -0.484 e. The summed E-state index contributed by atoms with van der Waals surface area (Å²) in [4.78, 5) is 18.3. The molecule has 1 aliphatic rings. The fourth-order valence-corrected chi connectivity index (χ4v) is 3.05. The van der Waals surface area contributed by atoms with Crippen LogP contribution in [0.25, 0.3) is 0 Å². The van der Waals surface area contributed by atoms with Crippen LogP contribution >= 0.6 is 0 Å². The zero-order chi connectivity index (χ0) is 19.7. The summed E-state index contributed by atoms with van der Waals surface area (Å²) in [5, 5.41) is 0. The molecule has 0 atom stereocenters. The van der Waals surface area contributed by atoms with Crippen molar-refractivity contribution in [2.75, 3.05) is 6.54 Å². The number of fused-ring (bicyclic) bond motifs is 1. The Morgan fingerprint density at radius 3 is 2.64 bits per heavy atom. The van der Waals surface area contributed by atoms with E-state index in [9.17, 15) is 18.0 Å². The van der Waals surface area contributed by atoms with Gasteiger partial charge in [0, 0.05) is 30.7 Å². The summed E-state index contributed by atoms with van der Waals surface area (Å²) in [5.74, 6) is -1.36. The van der Waals surface area contributed by atoms with Crippen molar-refractivity contribution in [1.29, 1.82) is 0 Å². The highest BCUT2D eigenvalue weighted by Crippen LogP contribution is 2.23. The molecule has 3 aromatic rings.